The standard InChI is InChI=1S/C22H18F3N5OS/c1-13-6-7-17(8-14(13)2)30-20-18(10-28-30)21(27-12-26-20)32-11-19(31)29-16-5-3-4-15(9-16)22(23,24)25/h3-10,12H,11H2,1-2H3,(H,29,31). The van der Waals surface area contributed by atoms with Gasteiger partial charge < -0.3 is 5.32 Å². The second-order valence-electron chi connectivity index (χ2n) is 7.16. The van der Waals surface area contributed by atoms with Crippen molar-refractivity contribution in [1.29, 1.82) is 0 Å². The summed E-state index contributed by atoms with van der Waals surface area (Å²) in [7, 11) is 0. The van der Waals surface area contributed by atoms with Gasteiger partial charge in [0.1, 0.15) is 11.4 Å². The van der Waals surface area contributed by atoms with Crippen molar-refractivity contribution in [3.8, 4) is 5.69 Å². The quantitative estimate of drug-likeness (QED) is 0.330. The van der Waals surface area contributed by atoms with Gasteiger partial charge in [-0.3, -0.25) is 4.79 Å². The van der Waals surface area contributed by atoms with E-state index >= 15 is 0 Å². The van der Waals surface area contributed by atoms with Gasteiger partial charge in [0.25, 0.3) is 0 Å². The van der Waals surface area contributed by atoms with E-state index in [1.165, 1.54) is 24.0 Å². The van der Waals surface area contributed by atoms with Gasteiger partial charge in [0.05, 0.1) is 28.6 Å². The fourth-order valence-electron chi connectivity index (χ4n) is 3.09. The normalized spacial score (nSPS) is 11.7. The Balaban J connectivity index is 1.50. The molecule has 0 unspecified atom stereocenters. The second-order valence-corrected chi connectivity index (χ2v) is 8.12. The molecule has 4 aromatic rings. The van der Waals surface area contributed by atoms with E-state index in [4.69, 9.17) is 0 Å². The van der Waals surface area contributed by atoms with Gasteiger partial charge in [0, 0.05) is 5.69 Å². The summed E-state index contributed by atoms with van der Waals surface area (Å²) in [5.41, 5.74) is 3.02. The van der Waals surface area contributed by atoms with Crippen molar-refractivity contribution >= 4 is 34.4 Å². The third-order valence-corrected chi connectivity index (χ3v) is 5.88. The molecule has 164 valence electrons. The van der Waals surface area contributed by atoms with Crippen LogP contribution >= 0.6 is 11.8 Å². The molecule has 0 aliphatic rings. The summed E-state index contributed by atoms with van der Waals surface area (Å²) in [4.78, 5) is 20.9. The molecule has 0 atom stereocenters. The summed E-state index contributed by atoms with van der Waals surface area (Å²) >= 11 is 1.16. The zero-order valence-electron chi connectivity index (χ0n) is 17.1. The zero-order valence-corrected chi connectivity index (χ0v) is 18.0. The van der Waals surface area contributed by atoms with Gasteiger partial charge in [-0.2, -0.15) is 18.3 Å². The molecule has 1 N–H and O–H groups in total. The monoisotopic (exact) mass is 457 g/mol. The molecule has 32 heavy (non-hydrogen) atoms. The number of fused-ring (bicyclic) bond motifs is 1. The van der Waals surface area contributed by atoms with Crippen molar-refractivity contribution in [1.82, 2.24) is 19.7 Å². The Morgan fingerprint density at radius 3 is 2.66 bits per heavy atom. The van der Waals surface area contributed by atoms with Gasteiger partial charge in [0.15, 0.2) is 5.65 Å². The Kier molecular flexibility index (Phi) is 5.88. The number of carbonyl (C=O) groups is 1. The van der Waals surface area contributed by atoms with Crippen LogP contribution in [0.1, 0.15) is 16.7 Å². The van der Waals surface area contributed by atoms with Crippen molar-refractivity contribution in [2.45, 2.75) is 25.0 Å². The highest BCUT2D eigenvalue weighted by Gasteiger charge is 2.30. The maximum Gasteiger partial charge on any atom is 0.416 e. The first-order valence-corrected chi connectivity index (χ1v) is 10.6. The molecule has 6 nitrogen and oxygen atoms in total. The number of anilines is 1. The van der Waals surface area contributed by atoms with E-state index in [1.54, 1.807) is 10.9 Å². The number of hydrogen-bond acceptors (Lipinski definition) is 5. The Morgan fingerprint density at radius 1 is 1.09 bits per heavy atom. The summed E-state index contributed by atoms with van der Waals surface area (Å²) < 4.78 is 40.3. The molecule has 0 radical (unpaired) electrons. The van der Waals surface area contributed by atoms with Gasteiger partial charge in [-0.15, -0.1) is 0 Å². The third kappa shape index (κ3) is 4.59. The van der Waals surface area contributed by atoms with Gasteiger partial charge in [0.2, 0.25) is 5.91 Å². The van der Waals surface area contributed by atoms with E-state index in [1.807, 2.05) is 32.0 Å². The summed E-state index contributed by atoms with van der Waals surface area (Å²) in [6, 6.07) is 10.5. The topological polar surface area (TPSA) is 72.7 Å². The lowest BCUT2D eigenvalue weighted by Gasteiger charge is -2.10. The van der Waals surface area contributed by atoms with Crippen LogP contribution in [-0.2, 0) is 11.0 Å². The van der Waals surface area contributed by atoms with E-state index in [-0.39, 0.29) is 11.4 Å². The minimum absolute atomic E-state index is 0.0306. The van der Waals surface area contributed by atoms with Crippen molar-refractivity contribution < 1.29 is 18.0 Å². The molecule has 2 heterocycles. The number of rotatable bonds is 5. The molecule has 4 rings (SSSR count). The number of alkyl halides is 3. The van der Waals surface area contributed by atoms with Crippen molar-refractivity contribution in [3.63, 3.8) is 0 Å². The van der Waals surface area contributed by atoms with Crippen molar-refractivity contribution in [3.05, 3.63) is 71.7 Å². The molecule has 2 aromatic heterocycles. The Morgan fingerprint density at radius 2 is 1.91 bits per heavy atom. The maximum absolute atomic E-state index is 12.9. The summed E-state index contributed by atoms with van der Waals surface area (Å²) in [6.45, 7) is 4.05. The number of amides is 1. The molecule has 0 saturated heterocycles. The molecule has 0 fully saturated rings. The predicted molar refractivity (Wildman–Crippen MR) is 117 cm³/mol. The molecule has 1 amide bonds. The highest BCUT2D eigenvalue weighted by atomic mass is 32.2. The first kappa shape index (κ1) is 21.8. The van der Waals surface area contributed by atoms with Gasteiger partial charge >= 0.3 is 6.18 Å². The van der Waals surface area contributed by atoms with E-state index in [2.05, 4.69) is 20.4 Å². The first-order valence-electron chi connectivity index (χ1n) is 9.58. The van der Waals surface area contributed by atoms with Gasteiger partial charge in [-0.1, -0.05) is 23.9 Å². The van der Waals surface area contributed by atoms with Crippen LogP contribution in [0.15, 0.2) is 60.0 Å². The van der Waals surface area contributed by atoms with Crippen LogP contribution in [0, 0.1) is 13.8 Å². The Hall–Kier alpha value is -3.40. The molecule has 10 heteroatoms. The number of nitrogens with zero attached hydrogens (tertiary/aromatic N) is 4. The fourth-order valence-corrected chi connectivity index (χ4v) is 3.85. The van der Waals surface area contributed by atoms with Crippen molar-refractivity contribution in [2.24, 2.45) is 0 Å². The fraction of sp³-hybridized carbons (Fsp3) is 0.182. The van der Waals surface area contributed by atoms with Crippen LogP contribution in [-0.4, -0.2) is 31.4 Å². The van der Waals surface area contributed by atoms with Gasteiger partial charge in [-0.05, 0) is 55.3 Å². The molecular weight excluding hydrogens is 439 g/mol. The highest BCUT2D eigenvalue weighted by Crippen LogP contribution is 2.31. The van der Waals surface area contributed by atoms with Crippen LogP contribution in [0.4, 0.5) is 18.9 Å². The number of aryl methyl sites for hydroxylation is 2. The number of halogens is 3. The van der Waals surface area contributed by atoms with E-state index in [0.717, 1.165) is 35.1 Å². The summed E-state index contributed by atoms with van der Waals surface area (Å²) in [6.07, 6.45) is -1.44. The molecule has 0 bridgehead atoms. The molecule has 0 aliphatic carbocycles. The average molecular weight is 457 g/mol. The number of hydrogen-bond donors (Lipinski definition) is 1. The lowest BCUT2D eigenvalue weighted by atomic mass is 10.1. The summed E-state index contributed by atoms with van der Waals surface area (Å²) in [5.74, 6) is -0.473. The predicted octanol–water partition coefficient (Wildman–Crippen LogP) is 5.18. The molecule has 0 aliphatic heterocycles. The maximum atomic E-state index is 12.9. The SMILES string of the molecule is Cc1ccc(-n2ncc3c(SCC(=O)Nc4cccc(C(F)(F)F)c4)ncnc32)cc1C. The summed E-state index contributed by atoms with van der Waals surface area (Å²) in [5, 5.41) is 8.15. The smallest absolute Gasteiger partial charge is 0.325 e. The highest BCUT2D eigenvalue weighted by molar-refractivity contribution is 8.00. The second kappa shape index (κ2) is 8.62. The number of nitrogens with one attached hydrogen (secondary N) is 1. The van der Waals surface area contributed by atoms with Crippen molar-refractivity contribution in [2.75, 3.05) is 11.1 Å². The minimum atomic E-state index is -4.47. The van der Waals surface area contributed by atoms with Crippen LogP contribution in [0.5, 0.6) is 0 Å². The number of carbonyl (C=O) groups excluding carboxylic acids is 1. The van der Waals surface area contributed by atoms with E-state index < -0.39 is 17.6 Å². The molecule has 0 saturated carbocycles. The minimum Gasteiger partial charge on any atom is -0.325 e. The largest absolute Gasteiger partial charge is 0.416 e. The van der Waals surface area contributed by atoms with E-state index in [0.29, 0.717) is 16.1 Å². The average Bonchev–Trinajstić information content (AvgIpc) is 3.18. The zero-order chi connectivity index (χ0) is 22.9. The lowest BCUT2D eigenvalue weighted by molar-refractivity contribution is -0.137. The third-order valence-electron chi connectivity index (χ3n) is 4.88. The molecule has 0 spiro atoms. The molecule has 2 aromatic carbocycles. The van der Waals surface area contributed by atoms with E-state index in [9.17, 15) is 18.0 Å². The van der Waals surface area contributed by atoms with Crippen LogP contribution in [0.2, 0.25) is 0 Å². The molecular formula is C22H18F3N5OS. The number of aromatic nitrogens is 4. The number of benzene rings is 2. The Bertz CT molecular complexity index is 1300. The van der Waals surface area contributed by atoms with Crippen LogP contribution < -0.4 is 5.32 Å². The van der Waals surface area contributed by atoms with Crippen LogP contribution in [0.25, 0.3) is 16.7 Å². The number of thioether (sulfide) groups is 1. The first-order chi connectivity index (χ1) is 15.2. The van der Waals surface area contributed by atoms with Crippen LogP contribution in [0.3, 0.4) is 0 Å². The van der Waals surface area contributed by atoms with Gasteiger partial charge in [-0.25, -0.2) is 14.6 Å². The lowest BCUT2D eigenvalue weighted by Crippen LogP contribution is -2.15. The Labute approximate surface area is 185 Å².